The third-order valence-electron chi connectivity index (χ3n) is 1.97. The molecule has 68 valence electrons. The second-order valence-corrected chi connectivity index (χ2v) is 4.27. The summed E-state index contributed by atoms with van der Waals surface area (Å²) in [5, 5.41) is 10.3. The molecule has 0 saturated carbocycles. The summed E-state index contributed by atoms with van der Waals surface area (Å²) in [5.74, 6) is 0.307. The van der Waals surface area contributed by atoms with Gasteiger partial charge in [0.25, 0.3) is 0 Å². The Labute approximate surface area is 80.6 Å². The van der Waals surface area contributed by atoms with E-state index in [9.17, 15) is 5.11 Å². The minimum absolute atomic E-state index is 0.0690. The van der Waals surface area contributed by atoms with E-state index in [0.717, 1.165) is 10.3 Å². The van der Waals surface area contributed by atoms with Gasteiger partial charge < -0.3 is 10.8 Å². The zero-order valence-corrected chi connectivity index (χ0v) is 8.14. The molecule has 13 heavy (non-hydrogen) atoms. The Balaban J connectivity index is 2.62. The highest BCUT2D eigenvalue weighted by atomic mass is 32.1. The van der Waals surface area contributed by atoms with E-state index in [0.29, 0.717) is 5.75 Å². The largest absolute Gasteiger partial charge is 0.508 e. The van der Waals surface area contributed by atoms with Gasteiger partial charge in [0.2, 0.25) is 0 Å². The van der Waals surface area contributed by atoms with Crippen LogP contribution in [-0.2, 0) is 0 Å². The molecule has 1 aromatic carbocycles. The number of nitrogens with two attached hydrogens (primary N) is 1. The predicted octanol–water partition coefficient (Wildman–Crippen LogP) is 2.63. The molecule has 0 aliphatic carbocycles. The fraction of sp³-hybridized carbons (Fsp3) is 0.200. The third-order valence-corrected chi connectivity index (χ3v) is 3.28. The monoisotopic (exact) mass is 193 g/mol. The maximum absolute atomic E-state index is 9.25. The van der Waals surface area contributed by atoms with Crippen LogP contribution in [0.5, 0.6) is 5.75 Å². The first kappa shape index (κ1) is 8.53. The quantitative estimate of drug-likeness (QED) is 0.731. The van der Waals surface area contributed by atoms with Gasteiger partial charge in [-0.3, -0.25) is 0 Å². The molecule has 0 aliphatic heterocycles. The van der Waals surface area contributed by atoms with Crippen molar-refractivity contribution in [3.05, 3.63) is 29.1 Å². The Morgan fingerprint density at radius 2 is 2.15 bits per heavy atom. The van der Waals surface area contributed by atoms with Crippen LogP contribution in [0.4, 0.5) is 0 Å². The summed E-state index contributed by atoms with van der Waals surface area (Å²) in [4.78, 5) is 1.15. The molecule has 1 aromatic heterocycles. The second-order valence-electron chi connectivity index (χ2n) is 3.16. The van der Waals surface area contributed by atoms with Crippen molar-refractivity contribution in [2.24, 2.45) is 5.73 Å². The Bertz CT molecular complexity index is 433. The predicted molar refractivity (Wildman–Crippen MR) is 56.1 cm³/mol. The Morgan fingerprint density at radius 3 is 2.85 bits per heavy atom. The van der Waals surface area contributed by atoms with Gasteiger partial charge in [-0.1, -0.05) is 0 Å². The summed E-state index contributed by atoms with van der Waals surface area (Å²) in [5.41, 5.74) is 5.76. The maximum atomic E-state index is 9.25. The fourth-order valence-corrected chi connectivity index (χ4v) is 2.27. The summed E-state index contributed by atoms with van der Waals surface area (Å²) in [6.45, 7) is 1.96. The average Bonchev–Trinajstić information content (AvgIpc) is 2.46. The molecule has 2 rings (SSSR count). The lowest BCUT2D eigenvalue weighted by molar-refractivity contribution is 0.476. The summed E-state index contributed by atoms with van der Waals surface area (Å²) < 4.78 is 1.17. The molecule has 2 aromatic rings. The molecule has 0 fully saturated rings. The molecule has 1 unspecified atom stereocenters. The first-order valence-corrected chi connectivity index (χ1v) is 4.96. The van der Waals surface area contributed by atoms with E-state index in [1.165, 1.54) is 4.70 Å². The number of phenolic OH excluding ortho intramolecular Hbond substituents is 1. The van der Waals surface area contributed by atoms with Crippen LogP contribution in [0.15, 0.2) is 24.3 Å². The Kier molecular flexibility index (Phi) is 1.98. The van der Waals surface area contributed by atoms with Crippen molar-refractivity contribution in [1.29, 1.82) is 0 Å². The van der Waals surface area contributed by atoms with Gasteiger partial charge >= 0.3 is 0 Å². The van der Waals surface area contributed by atoms with E-state index in [1.54, 1.807) is 23.5 Å². The van der Waals surface area contributed by atoms with Crippen molar-refractivity contribution >= 4 is 21.4 Å². The number of fused-ring (bicyclic) bond motifs is 1. The smallest absolute Gasteiger partial charge is 0.116 e. The Hall–Kier alpha value is -1.06. The van der Waals surface area contributed by atoms with Gasteiger partial charge in [-0.15, -0.1) is 11.3 Å². The summed E-state index contributed by atoms with van der Waals surface area (Å²) in [6, 6.07) is 7.48. The number of aromatic hydroxyl groups is 1. The van der Waals surface area contributed by atoms with Crippen molar-refractivity contribution in [2.75, 3.05) is 0 Å². The first-order valence-electron chi connectivity index (χ1n) is 4.15. The van der Waals surface area contributed by atoms with E-state index in [4.69, 9.17) is 5.73 Å². The van der Waals surface area contributed by atoms with Gasteiger partial charge in [0.15, 0.2) is 0 Å². The van der Waals surface area contributed by atoms with Crippen molar-refractivity contribution < 1.29 is 5.11 Å². The molecule has 0 amide bonds. The van der Waals surface area contributed by atoms with E-state index in [-0.39, 0.29) is 6.04 Å². The molecular formula is C10H11NOS. The minimum atomic E-state index is 0.0690. The molecule has 0 aliphatic rings. The molecule has 0 spiro atoms. The SMILES string of the molecule is CC(N)c1cc2cc(O)ccc2s1. The van der Waals surface area contributed by atoms with Gasteiger partial charge in [-0.05, 0) is 36.6 Å². The number of thiophene rings is 1. The average molecular weight is 193 g/mol. The van der Waals surface area contributed by atoms with Crippen LogP contribution in [0.2, 0.25) is 0 Å². The lowest BCUT2D eigenvalue weighted by Crippen LogP contribution is -2.01. The number of rotatable bonds is 1. The molecule has 1 atom stereocenters. The third kappa shape index (κ3) is 1.53. The van der Waals surface area contributed by atoms with Crippen LogP contribution < -0.4 is 5.73 Å². The molecule has 0 radical (unpaired) electrons. The van der Waals surface area contributed by atoms with Gasteiger partial charge in [0.05, 0.1) is 0 Å². The van der Waals surface area contributed by atoms with Gasteiger partial charge in [-0.25, -0.2) is 0 Å². The molecule has 1 heterocycles. The van der Waals surface area contributed by atoms with Gasteiger partial charge in [-0.2, -0.15) is 0 Å². The number of benzene rings is 1. The normalized spacial score (nSPS) is 13.4. The zero-order chi connectivity index (χ0) is 9.42. The first-order chi connectivity index (χ1) is 6.16. The van der Waals surface area contributed by atoms with E-state index >= 15 is 0 Å². The molecular weight excluding hydrogens is 182 g/mol. The zero-order valence-electron chi connectivity index (χ0n) is 7.32. The molecule has 2 nitrogen and oxygen atoms in total. The van der Waals surface area contributed by atoms with Gasteiger partial charge in [0, 0.05) is 15.6 Å². The molecule has 0 bridgehead atoms. The van der Waals surface area contributed by atoms with E-state index < -0.39 is 0 Å². The van der Waals surface area contributed by atoms with Crippen LogP contribution >= 0.6 is 11.3 Å². The summed E-state index contributed by atoms with van der Waals surface area (Å²) >= 11 is 1.68. The Morgan fingerprint density at radius 1 is 1.38 bits per heavy atom. The standard InChI is InChI=1S/C10H11NOS/c1-6(11)10-5-7-4-8(12)2-3-9(7)13-10/h2-6,12H,11H2,1H3. The molecule has 3 heteroatoms. The lowest BCUT2D eigenvalue weighted by Gasteiger charge is -1.96. The van der Waals surface area contributed by atoms with Crippen LogP contribution in [0.1, 0.15) is 17.8 Å². The number of phenols is 1. The van der Waals surface area contributed by atoms with Crippen molar-refractivity contribution in [3.63, 3.8) is 0 Å². The second kappa shape index (κ2) is 3.01. The highest BCUT2D eigenvalue weighted by Crippen LogP contribution is 2.30. The van der Waals surface area contributed by atoms with Crippen LogP contribution in [0.3, 0.4) is 0 Å². The van der Waals surface area contributed by atoms with Crippen LogP contribution in [0.25, 0.3) is 10.1 Å². The molecule has 3 N–H and O–H groups in total. The van der Waals surface area contributed by atoms with Crippen LogP contribution in [0, 0.1) is 0 Å². The summed E-state index contributed by atoms with van der Waals surface area (Å²) in [7, 11) is 0. The van der Waals surface area contributed by atoms with E-state index in [2.05, 4.69) is 0 Å². The van der Waals surface area contributed by atoms with E-state index in [1.807, 2.05) is 19.1 Å². The fourth-order valence-electron chi connectivity index (χ4n) is 1.28. The molecule has 0 saturated heterocycles. The van der Waals surface area contributed by atoms with Crippen molar-refractivity contribution in [2.45, 2.75) is 13.0 Å². The van der Waals surface area contributed by atoms with Crippen molar-refractivity contribution in [3.8, 4) is 5.75 Å². The topological polar surface area (TPSA) is 46.2 Å². The number of hydrogen-bond donors (Lipinski definition) is 2. The van der Waals surface area contributed by atoms with Crippen LogP contribution in [-0.4, -0.2) is 5.11 Å². The lowest BCUT2D eigenvalue weighted by atomic mass is 10.2. The maximum Gasteiger partial charge on any atom is 0.116 e. The summed E-state index contributed by atoms with van der Waals surface area (Å²) in [6.07, 6.45) is 0. The minimum Gasteiger partial charge on any atom is -0.508 e. The highest BCUT2D eigenvalue weighted by molar-refractivity contribution is 7.19. The number of hydrogen-bond acceptors (Lipinski definition) is 3. The van der Waals surface area contributed by atoms with Gasteiger partial charge in [0.1, 0.15) is 5.75 Å². The van der Waals surface area contributed by atoms with Crippen molar-refractivity contribution in [1.82, 2.24) is 0 Å². The highest BCUT2D eigenvalue weighted by Gasteiger charge is 2.05.